The van der Waals surface area contributed by atoms with E-state index in [0.717, 1.165) is 77.0 Å². The van der Waals surface area contributed by atoms with E-state index in [1.807, 2.05) is 0 Å². The zero-order valence-corrected chi connectivity index (χ0v) is 19.7. The van der Waals surface area contributed by atoms with Crippen LogP contribution in [0.2, 0.25) is 0 Å². The highest BCUT2D eigenvalue weighted by atomic mass is 16.7. The van der Waals surface area contributed by atoms with Crippen molar-refractivity contribution in [3.63, 3.8) is 0 Å². The van der Waals surface area contributed by atoms with E-state index in [2.05, 4.69) is 45.1 Å². The molecule has 0 N–H and O–H groups in total. The van der Waals surface area contributed by atoms with Gasteiger partial charge in [-0.25, -0.2) is 0 Å². The van der Waals surface area contributed by atoms with E-state index in [-0.39, 0.29) is 12.3 Å². The molecule has 0 aliphatic carbocycles. The molecule has 0 aliphatic heterocycles. The predicted octanol–water partition coefficient (Wildman–Crippen LogP) is 7.34. The van der Waals surface area contributed by atoms with E-state index in [1.54, 1.807) is 0 Å². The number of unbranched alkanes of at least 4 members (excludes halogenated alkanes) is 7. The highest BCUT2D eigenvalue weighted by molar-refractivity contribution is 5.69. The molecule has 0 aromatic carbocycles. The lowest BCUT2D eigenvalue weighted by Crippen LogP contribution is -2.21. The number of allylic oxidation sites excluding steroid dienone is 4. The van der Waals surface area contributed by atoms with E-state index in [0.29, 0.717) is 32.7 Å². The van der Waals surface area contributed by atoms with Crippen molar-refractivity contribution in [2.75, 3.05) is 19.8 Å². The van der Waals surface area contributed by atoms with Crippen molar-refractivity contribution in [2.45, 2.75) is 110 Å². The summed E-state index contributed by atoms with van der Waals surface area (Å²) in [6.45, 7) is 9.96. The Morgan fingerprint density at radius 2 is 1.33 bits per heavy atom. The van der Waals surface area contributed by atoms with E-state index in [1.165, 1.54) is 0 Å². The molecule has 30 heavy (non-hydrogen) atoms. The molecule has 0 rings (SSSR count). The van der Waals surface area contributed by atoms with Crippen molar-refractivity contribution in [3.8, 4) is 0 Å². The first kappa shape index (κ1) is 28.9. The van der Waals surface area contributed by atoms with Gasteiger partial charge in [0, 0.05) is 19.6 Å². The molecule has 4 nitrogen and oxygen atoms in total. The number of ether oxygens (including phenoxy) is 3. The molecule has 175 valence electrons. The second-order valence-electron chi connectivity index (χ2n) is 7.60. The molecule has 0 aromatic heterocycles. The summed E-state index contributed by atoms with van der Waals surface area (Å²) in [5, 5.41) is 0. The minimum atomic E-state index is -0.318. The fraction of sp³-hybridized carbons (Fsp3) is 0.769. The summed E-state index contributed by atoms with van der Waals surface area (Å²) < 4.78 is 17.2. The lowest BCUT2D eigenvalue weighted by molar-refractivity contribution is -0.159. The Morgan fingerprint density at radius 1 is 0.767 bits per heavy atom. The molecule has 4 heteroatoms. The van der Waals surface area contributed by atoms with Crippen LogP contribution in [0.4, 0.5) is 0 Å². The lowest BCUT2D eigenvalue weighted by atomic mass is 10.2. The molecule has 0 aliphatic rings. The van der Waals surface area contributed by atoms with Crippen LogP contribution in [0.25, 0.3) is 0 Å². The van der Waals surface area contributed by atoms with Gasteiger partial charge in [0.2, 0.25) is 0 Å². The summed E-state index contributed by atoms with van der Waals surface area (Å²) in [6, 6.07) is 0. The monoisotopic (exact) mass is 423 g/mol. The first-order chi connectivity index (χ1) is 14.7. The van der Waals surface area contributed by atoms with Gasteiger partial charge in [-0.15, -0.1) is 0 Å². The Morgan fingerprint density at radius 3 is 1.87 bits per heavy atom. The maximum atomic E-state index is 12.0. The van der Waals surface area contributed by atoms with E-state index >= 15 is 0 Å². The number of carbonyl (C=O) groups is 1. The normalized spacial score (nSPS) is 11.9. The molecule has 0 saturated carbocycles. The fourth-order valence-electron chi connectivity index (χ4n) is 2.89. The Bertz CT molecular complexity index is 393. The van der Waals surface area contributed by atoms with Crippen LogP contribution in [0.15, 0.2) is 24.3 Å². The zero-order chi connectivity index (χ0) is 22.1. The van der Waals surface area contributed by atoms with Crippen LogP contribution in [-0.4, -0.2) is 32.1 Å². The SMILES string of the molecule is [CH2]CCCCCOC(=O)CCC(OCCCC/C=C\CC)OCCCC/C=C\CC. The average Bonchev–Trinajstić information content (AvgIpc) is 2.75. The van der Waals surface area contributed by atoms with Crippen molar-refractivity contribution in [1.29, 1.82) is 0 Å². The molecular formula is C26H47O4. The number of hydrogen-bond donors (Lipinski definition) is 0. The van der Waals surface area contributed by atoms with Crippen LogP contribution in [0.1, 0.15) is 104 Å². The third-order valence-corrected chi connectivity index (χ3v) is 4.68. The van der Waals surface area contributed by atoms with Crippen LogP contribution < -0.4 is 0 Å². The molecule has 0 spiro atoms. The summed E-state index contributed by atoms with van der Waals surface area (Å²) in [7, 11) is 0. The summed E-state index contributed by atoms with van der Waals surface area (Å²) in [4.78, 5) is 12.0. The summed E-state index contributed by atoms with van der Waals surface area (Å²) in [6.07, 6.45) is 22.1. The molecule has 0 aromatic rings. The predicted molar refractivity (Wildman–Crippen MR) is 126 cm³/mol. The van der Waals surface area contributed by atoms with Crippen molar-refractivity contribution in [1.82, 2.24) is 0 Å². The van der Waals surface area contributed by atoms with Gasteiger partial charge in [-0.05, 0) is 57.8 Å². The van der Waals surface area contributed by atoms with Gasteiger partial charge in [0.05, 0.1) is 13.0 Å². The van der Waals surface area contributed by atoms with Gasteiger partial charge in [0.15, 0.2) is 6.29 Å². The van der Waals surface area contributed by atoms with Crippen LogP contribution in [-0.2, 0) is 19.0 Å². The van der Waals surface area contributed by atoms with Gasteiger partial charge in [0.25, 0.3) is 0 Å². The zero-order valence-electron chi connectivity index (χ0n) is 19.7. The molecule has 0 bridgehead atoms. The minimum Gasteiger partial charge on any atom is -0.466 e. The van der Waals surface area contributed by atoms with Crippen LogP contribution in [0.3, 0.4) is 0 Å². The largest absolute Gasteiger partial charge is 0.466 e. The second-order valence-corrected chi connectivity index (χ2v) is 7.60. The van der Waals surface area contributed by atoms with Crippen LogP contribution in [0.5, 0.6) is 0 Å². The van der Waals surface area contributed by atoms with Gasteiger partial charge in [-0.2, -0.15) is 0 Å². The van der Waals surface area contributed by atoms with Crippen molar-refractivity contribution >= 4 is 5.97 Å². The molecule has 0 amide bonds. The molecule has 0 fully saturated rings. The molecular weight excluding hydrogens is 376 g/mol. The second kappa shape index (κ2) is 24.1. The third kappa shape index (κ3) is 21.6. The van der Waals surface area contributed by atoms with E-state index in [9.17, 15) is 4.79 Å². The molecule has 0 atom stereocenters. The standard InChI is InChI=1S/C26H47O4/c1-4-7-10-13-15-18-23-29-26(30-24-19-16-14-11-8-5-2)21-20-25(27)28-22-17-12-9-6-3/h7-8,10-11,26H,3-6,9,12-24H2,1-2H3/b10-7-,11-8-. The Balaban J connectivity index is 4.07. The fourth-order valence-corrected chi connectivity index (χ4v) is 2.89. The van der Waals surface area contributed by atoms with Gasteiger partial charge < -0.3 is 14.2 Å². The number of esters is 1. The van der Waals surface area contributed by atoms with Crippen molar-refractivity contribution in [2.24, 2.45) is 0 Å². The molecule has 0 unspecified atom stereocenters. The first-order valence-corrected chi connectivity index (χ1v) is 12.2. The Kier molecular flexibility index (Phi) is 23.2. The molecule has 1 radical (unpaired) electrons. The highest BCUT2D eigenvalue weighted by Crippen LogP contribution is 2.10. The smallest absolute Gasteiger partial charge is 0.305 e. The van der Waals surface area contributed by atoms with Crippen LogP contribution in [0, 0.1) is 6.92 Å². The van der Waals surface area contributed by atoms with Gasteiger partial charge in [0.1, 0.15) is 0 Å². The maximum Gasteiger partial charge on any atom is 0.305 e. The number of rotatable bonds is 22. The lowest BCUT2D eigenvalue weighted by Gasteiger charge is -2.18. The first-order valence-electron chi connectivity index (χ1n) is 12.2. The van der Waals surface area contributed by atoms with Gasteiger partial charge in [-0.1, -0.05) is 64.3 Å². The van der Waals surface area contributed by atoms with Crippen molar-refractivity contribution < 1.29 is 19.0 Å². The maximum absolute atomic E-state index is 12.0. The van der Waals surface area contributed by atoms with Gasteiger partial charge in [-0.3, -0.25) is 4.79 Å². The third-order valence-electron chi connectivity index (χ3n) is 4.68. The topological polar surface area (TPSA) is 44.8 Å². The average molecular weight is 424 g/mol. The van der Waals surface area contributed by atoms with Gasteiger partial charge >= 0.3 is 5.97 Å². The Labute approximate surface area is 186 Å². The van der Waals surface area contributed by atoms with E-state index in [4.69, 9.17) is 14.2 Å². The summed E-state index contributed by atoms with van der Waals surface area (Å²) in [5.74, 6) is -0.156. The number of carbonyl (C=O) groups excluding carboxylic acids is 1. The highest BCUT2D eigenvalue weighted by Gasteiger charge is 2.13. The minimum absolute atomic E-state index is 0.156. The van der Waals surface area contributed by atoms with E-state index < -0.39 is 0 Å². The van der Waals surface area contributed by atoms with Crippen molar-refractivity contribution in [3.05, 3.63) is 31.2 Å². The molecule has 0 saturated heterocycles. The van der Waals surface area contributed by atoms with Crippen LogP contribution >= 0.6 is 0 Å². The summed E-state index contributed by atoms with van der Waals surface area (Å²) in [5.41, 5.74) is 0. The summed E-state index contributed by atoms with van der Waals surface area (Å²) >= 11 is 0. The molecule has 0 heterocycles. The quantitative estimate of drug-likeness (QED) is 0.0791. The Hall–Kier alpha value is -1.13. The number of hydrogen-bond acceptors (Lipinski definition) is 4.